The number of hydrogen-bond donors (Lipinski definition) is 3. The second-order valence-electron chi connectivity index (χ2n) is 5.71. The van der Waals surface area contributed by atoms with Gasteiger partial charge in [-0.1, -0.05) is 30.3 Å². The average molecular weight is 413 g/mol. The predicted molar refractivity (Wildman–Crippen MR) is 98.9 cm³/mol. The van der Waals surface area contributed by atoms with Crippen LogP contribution >= 0.6 is 15.9 Å². The lowest BCUT2D eigenvalue weighted by Crippen LogP contribution is -2.30. The highest BCUT2D eigenvalue weighted by molar-refractivity contribution is 9.10. The summed E-state index contributed by atoms with van der Waals surface area (Å²) < 4.78 is 3.19. The number of anilines is 1. The Balaban J connectivity index is 1.72. The molecule has 3 aromatic heterocycles. The number of nitrogens with zero attached hydrogens (tertiary/aromatic N) is 4. The van der Waals surface area contributed by atoms with Crippen LogP contribution in [0.3, 0.4) is 0 Å². The van der Waals surface area contributed by atoms with Crippen LogP contribution in [0.15, 0.2) is 65.4 Å². The van der Waals surface area contributed by atoms with E-state index in [1.807, 2.05) is 36.4 Å². The molecule has 26 heavy (non-hydrogen) atoms. The maximum Gasteiger partial charge on any atom is 0.414 e. The quantitative estimate of drug-likeness (QED) is 0.354. The molecule has 130 valence electrons. The van der Waals surface area contributed by atoms with Crippen molar-refractivity contribution in [1.82, 2.24) is 14.6 Å². The van der Waals surface area contributed by atoms with Crippen molar-refractivity contribution >= 4 is 27.4 Å². The van der Waals surface area contributed by atoms with Gasteiger partial charge in [-0.25, -0.2) is 4.98 Å². The smallest absolute Gasteiger partial charge is 0.414 e. The zero-order chi connectivity index (χ0) is 18.1. The number of aromatic nitrogens is 4. The number of rotatable bonds is 4. The second-order valence-corrected chi connectivity index (χ2v) is 6.57. The van der Waals surface area contributed by atoms with Crippen molar-refractivity contribution in [2.24, 2.45) is 0 Å². The van der Waals surface area contributed by atoms with Crippen LogP contribution in [0.4, 0.5) is 5.82 Å². The van der Waals surface area contributed by atoms with Crippen LogP contribution in [-0.2, 0) is 6.54 Å². The molecule has 0 atom stereocenters. The number of fused-ring (bicyclic) bond motifs is 1. The maximum atomic E-state index is 9.57. The fourth-order valence-corrected chi connectivity index (χ4v) is 2.99. The molecule has 0 bridgehead atoms. The third kappa shape index (κ3) is 3.06. The van der Waals surface area contributed by atoms with Crippen LogP contribution in [0.25, 0.3) is 16.9 Å². The first-order valence-corrected chi connectivity index (χ1v) is 8.67. The molecular formula is C18H15BrN5O2+. The topological polar surface area (TPSA) is 86.6 Å². The van der Waals surface area contributed by atoms with Crippen molar-refractivity contribution in [3.8, 4) is 17.1 Å². The molecule has 0 aliphatic carbocycles. The van der Waals surface area contributed by atoms with Gasteiger partial charge in [-0.15, -0.1) is 0 Å². The Morgan fingerprint density at radius 1 is 1.15 bits per heavy atom. The highest BCUT2D eigenvalue weighted by atomic mass is 79.9. The van der Waals surface area contributed by atoms with E-state index in [0.29, 0.717) is 16.9 Å². The molecule has 0 saturated heterocycles. The maximum absolute atomic E-state index is 9.57. The van der Waals surface area contributed by atoms with E-state index in [2.05, 4.69) is 31.3 Å². The second kappa shape index (κ2) is 6.64. The molecule has 0 radical (unpaired) electrons. The summed E-state index contributed by atoms with van der Waals surface area (Å²) in [5.41, 5.74) is 3.33. The monoisotopic (exact) mass is 412 g/mol. The third-order valence-corrected chi connectivity index (χ3v) is 4.50. The molecular weight excluding hydrogens is 398 g/mol. The van der Waals surface area contributed by atoms with Gasteiger partial charge in [-0.2, -0.15) is 9.61 Å². The zero-order valence-corrected chi connectivity index (χ0v) is 15.1. The van der Waals surface area contributed by atoms with Crippen molar-refractivity contribution in [2.75, 3.05) is 5.32 Å². The molecule has 0 unspecified atom stereocenters. The van der Waals surface area contributed by atoms with Gasteiger partial charge in [-0.05, 0) is 22.0 Å². The highest BCUT2D eigenvalue weighted by Crippen LogP contribution is 2.26. The van der Waals surface area contributed by atoms with Gasteiger partial charge in [0, 0.05) is 28.5 Å². The molecule has 0 saturated carbocycles. The van der Waals surface area contributed by atoms with Crippen molar-refractivity contribution in [1.29, 1.82) is 0 Å². The largest absolute Gasteiger partial charge is 0.457 e. The summed E-state index contributed by atoms with van der Waals surface area (Å²) in [6.07, 6.45) is 3.14. The lowest BCUT2D eigenvalue weighted by atomic mass is 10.1. The van der Waals surface area contributed by atoms with E-state index < -0.39 is 0 Å². The number of halogens is 1. The summed E-state index contributed by atoms with van der Waals surface area (Å²) in [5.74, 6) is 0.541. The van der Waals surface area contributed by atoms with Gasteiger partial charge in [0.15, 0.2) is 5.65 Å². The van der Waals surface area contributed by atoms with E-state index in [4.69, 9.17) is 0 Å². The summed E-state index contributed by atoms with van der Waals surface area (Å²) in [6.45, 7) is 0.436. The molecule has 0 spiro atoms. The molecule has 3 N–H and O–H groups in total. The molecule has 0 aliphatic rings. The minimum atomic E-state index is -0.220. The van der Waals surface area contributed by atoms with Gasteiger partial charge in [0.05, 0.1) is 22.4 Å². The van der Waals surface area contributed by atoms with Crippen LogP contribution in [0, 0.1) is 0 Å². The van der Waals surface area contributed by atoms with Crippen molar-refractivity contribution < 1.29 is 15.0 Å². The summed E-state index contributed by atoms with van der Waals surface area (Å²) in [6, 6.07) is 15.0. The Labute approximate surface area is 157 Å². The Hall–Kier alpha value is -3.13. The van der Waals surface area contributed by atoms with Gasteiger partial charge in [0.25, 0.3) is 0 Å². The zero-order valence-electron chi connectivity index (χ0n) is 13.5. The number of pyridine rings is 1. The Morgan fingerprint density at radius 3 is 2.73 bits per heavy atom. The van der Waals surface area contributed by atoms with Gasteiger partial charge >= 0.3 is 5.88 Å². The van der Waals surface area contributed by atoms with Crippen LogP contribution in [0.1, 0.15) is 5.56 Å². The van der Waals surface area contributed by atoms with E-state index in [1.165, 1.54) is 12.3 Å². The SMILES string of the molecule is Oc1ccc(CNc2cc(-c3ccccc3)nc3c(Br)cnn23)c[n+]1O. The van der Waals surface area contributed by atoms with Crippen molar-refractivity contribution in [3.05, 3.63) is 71.0 Å². The minimum Gasteiger partial charge on any atom is -0.457 e. The molecule has 1 aromatic carbocycles. The van der Waals surface area contributed by atoms with E-state index in [9.17, 15) is 10.3 Å². The van der Waals surface area contributed by atoms with Crippen molar-refractivity contribution in [2.45, 2.75) is 6.54 Å². The van der Waals surface area contributed by atoms with Gasteiger partial charge in [0.2, 0.25) is 6.20 Å². The van der Waals surface area contributed by atoms with Gasteiger partial charge < -0.3 is 10.4 Å². The van der Waals surface area contributed by atoms with E-state index >= 15 is 0 Å². The average Bonchev–Trinajstić information content (AvgIpc) is 3.04. The summed E-state index contributed by atoms with van der Waals surface area (Å²) in [4.78, 5) is 4.68. The molecule has 8 heteroatoms. The van der Waals surface area contributed by atoms with E-state index in [0.717, 1.165) is 27.1 Å². The minimum absolute atomic E-state index is 0.220. The summed E-state index contributed by atoms with van der Waals surface area (Å²) in [7, 11) is 0. The first-order valence-electron chi connectivity index (χ1n) is 7.88. The number of nitrogens with one attached hydrogen (secondary N) is 1. The highest BCUT2D eigenvalue weighted by Gasteiger charge is 2.13. The van der Waals surface area contributed by atoms with E-state index in [1.54, 1.807) is 16.8 Å². The van der Waals surface area contributed by atoms with Gasteiger partial charge in [0.1, 0.15) is 5.82 Å². The first kappa shape index (κ1) is 16.3. The fraction of sp³-hybridized carbons (Fsp3) is 0.0556. The summed E-state index contributed by atoms with van der Waals surface area (Å²) >= 11 is 3.48. The van der Waals surface area contributed by atoms with Gasteiger partial charge in [-0.3, -0.25) is 5.21 Å². The first-order chi connectivity index (χ1) is 12.6. The Bertz CT molecular complexity index is 1080. The Morgan fingerprint density at radius 2 is 1.96 bits per heavy atom. The predicted octanol–water partition coefficient (Wildman–Crippen LogP) is 3.00. The number of hydrogen-bond acceptors (Lipinski definition) is 5. The molecule has 0 fully saturated rings. The molecule has 0 aliphatic heterocycles. The van der Waals surface area contributed by atoms with Crippen LogP contribution in [0.5, 0.6) is 5.88 Å². The molecule has 7 nitrogen and oxygen atoms in total. The Kier molecular flexibility index (Phi) is 4.18. The number of benzene rings is 1. The van der Waals surface area contributed by atoms with Crippen LogP contribution < -0.4 is 10.0 Å². The third-order valence-electron chi connectivity index (χ3n) is 3.94. The lowest BCUT2D eigenvalue weighted by molar-refractivity contribution is -0.907. The van der Waals surface area contributed by atoms with E-state index in [-0.39, 0.29) is 5.88 Å². The normalized spacial score (nSPS) is 11.0. The fourth-order valence-electron chi connectivity index (χ4n) is 2.64. The molecule has 4 rings (SSSR count). The number of aromatic hydroxyl groups is 1. The van der Waals surface area contributed by atoms with Crippen molar-refractivity contribution in [3.63, 3.8) is 0 Å². The molecule has 0 amide bonds. The van der Waals surface area contributed by atoms with Crippen LogP contribution in [-0.4, -0.2) is 24.9 Å². The molecule has 3 heterocycles. The van der Waals surface area contributed by atoms with Crippen LogP contribution in [0.2, 0.25) is 0 Å². The molecule has 4 aromatic rings. The lowest BCUT2D eigenvalue weighted by Gasteiger charge is -2.10. The summed E-state index contributed by atoms with van der Waals surface area (Å²) in [5, 5.41) is 26.6. The standard InChI is InChI=1S/C18H14BrN5O2/c19-14-10-21-24-16(20-9-12-6-7-17(25)23(26)11-12)8-15(22-18(14)24)13-4-2-1-3-5-13/h1-8,10-11,26H,9H2,(H,20,21,22)/p+1.